The van der Waals surface area contributed by atoms with Crippen LogP contribution in [0.5, 0.6) is 0 Å². The van der Waals surface area contributed by atoms with E-state index in [1.165, 1.54) is 58.3 Å². The van der Waals surface area contributed by atoms with Crippen molar-refractivity contribution >= 4 is 0 Å². The van der Waals surface area contributed by atoms with Crippen LogP contribution in [0.2, 0.25) is 0 Å². The van der Waals surface area contributed by atoms with E-state index in [4.69, 9.17) is 0 Å². The molecule has 1 saturated heterocycles. The average molecular weight is 224 g/mol. The monoisotopic (exact) mass is 224 g/mol. The molecule has 2 rings (SSSR count). The molecule has 0 spiro atoms. The standard InChI is InChI=1S/C14H28N2/c1-12-6-3-4-7-14(12)11-16-9-5-8-15-13(2)10-16/h12-15H,3-11H2,1-2H3. The molecule has 0 aromatic rings. The Hall–Kier alpha value is -0.0800. The Morgan fingerprint density at radius 3 is 2.75 bits per heavy atom. The summed E-state index contributed by atoms with van der Waals surface area (Å²) in [5.74, 6) is 1.93. The predicted molar refractivity (Wildman–Crippen MR) is 69.6 cm³/mol. The molecule has 0 radical (unpaired) electrons. The summed E-state index contributed by atoms with van der Waals surface area (Å²) in [5, 5.41) is 3.58. The van der Waals surface area contributed by atoms with E-state index in [1.807, 2.05) is 0 Å². The zero-order chi connectivity index (χ0) is 11.4. The van der Waals surface area contributed by atoms with Crippen LogP contribution in [0.25, 0.3) is 0 Å². The number of nitrogens with one attached hydrogen (secondary N) is 1. The van der Waals surface area contributed by atoms with Crippen molar-refractivity contribution < 1.29 is 0 Å². The molecule has 3 atom stereocenters. The lowest BCUT2D eigenvalue weighted by molar-refractivity contribution is 0.159. The van der Waals surface area contributed by atoms with Crippen molar-refractivity contribution in [3.05, 3.63) is 0 Å². The van der Waals surface area contributed by atoms with Gasteiger partial charge in [0.1, 0.15) is 0 Å². The summed E-state index contributed by atoms with van der Waals surface area (Å²) in [4.78, 5) is 2.71. The highest BCUT2D eigenvalue weighted by Crippen LogP contribution is 2.30. The van der Waals surface area contributed by atoms with Crippen molar-refractivity contribution in [2.45, 2.75) is 52.0 Å². The fraction of sp³-hybridized carbons (Fsp3) is 1.00. The summed E-state index contributed by atoms with van der Waals surface area (Å²) in [6.07, 6.45) is 7.20. The largest absolute Gasteiger partial charge is 0.313 e. The molecule has 2 heteroatoms. The van der Waals surface area contributed by atoms with Crippen molar-refractivity contribution in [1.82, 2.24) is 10.2 Å². The van der Waals surface area contributed by atoms with Gasteiger partial charge in [0.05, 0.1) is 0 Å². The molecule has 1 saturated carbocycles. The van der Waals surface area contributed by atoms with Gasteiger partial charge in [-0.2, -0.15) is 0 Å². The number of hydrogen-bond donors (Lipinski definition) is 1. The van der Waals surface area contributed by atoms with Gasteiger partial charge in [0.25, 0.3) is 0 Å². The number of rotatable bonds is 2. The molecule has 94 valence electrons. The average Bonchev–Trinajstić information content (AvgIpc) is 2.46. The number of nitrogens with zero attached hydrogens (tertiary/aromatic N) is 1. The minimum Gasteiger partial charge on any atom is -0.313 e. The molecule has 1 N–H and O–H groups in total. The van der Waals surface area contributed by atoms with Crippen LogP contribution in [-0.2, 0) is 0 Å². The Morgan fingerprint density at radius 1 is 1.12 bits per heavy atom. The Labute approximate surface area is 101 Å². The van der Waals surface area contributed by atoms with E-state index in [0.717, 1.165) is 11.8 Å². The third-order valence-electron chi connectivity index (χ3n) is 4.46. The summed E-state index contributed by atoms with van der Waals surface area (Å²) < 4.78 is 0. The first-order chi connectivity index (χ1) is 7.75. The quantitative estimate of drug-likeness (QED) is 0.775. The topological polar surface area (TPSA) is 15.3 Å². The van der Waals surface area contributed by atoms with E-state index < -0.39 is 0 Å². The molecule has 1 heterocycles. The van der Waals surface area contributed by atoms with Crippen LogP contribution in [0.15, 0.2) is 0 Å². The van der Waals surface area contributed by atoms with E-state index in [-0.39, 0.29) is 0 Å². The highest BCUT2D eigenvalue weighted by molar-refractivity contribution is 4.79. The molecule has 16 heavy (non-hydrogen) atoms. The van der Waals surface area contributed by atoms with Gasteiger partial charge in [-0.1, -0.05) is 26.2 Å². The third kappa shape index (κ3) is 3.46. The maximum absolute atomic E-state index is 3.58. The van der Waals surface area contributed by atoms with Crippen LogP contribution in [-0.4, -0.2) is 37.1 Å². The van der Waals surface area contributed by atoms with Gasteiger partial charge in [-0.05, 0) is 44.7 Å². The first-order valence-electron chi connectivity index (χ1n) is 7.21. The molecule has 0 aromatic carbocycles. The molecule has 1 aliphatic carbocycles. The van der Waals surface area contributed by atoms with Gasteiger partial charge in [0, 0.05) is 19.1 Å². The molecule has 3 unspecified atom stereocenters. The summed E-state index contributed by atoms with van der Waals surface area (Å²) in [6, 6.07) is 0.682. The molecule has 0 bridgehead atoms. The SMILES string of the molecule is CC1CN(CC2CCCCC2C)CCCN1. The fourth-order valence-electron chi connectivity index (χ4n) is 3.36. The molecule has 2 fully saturated rings. The minimum atomic E-state index is 0.682. The van der Waals surface area contributed by atoms with Crippen LogP contribution in [0, 0.1) is 11.8 Å². The van der Waals surface area contributed by atoms with Crippen molar-refractivity contribution in [3.63, 3.8) is 0 Å². The molecule has 0 amide bonds. The second kappa shape index (κ2) is 6.02. The predicted octanol–water partition coefficient (Wildman–Crippen LogP) is 2.50. The highest BCUT2D eigenvalue weighted by Gasteiger charge is 2.24. The third-order valence-corrected chi connectivity index (χ3v) is 4.46. The van der Waals surface area contributed by atoms with Crippen LogP contribution >= 0.6 is 0 Å². The van der Waals surface area contributed by atoms with Gasteiger partial charge in [-0.15, -0.1) is 0 Å². The number of hydrogen-bond acceptors (Lipinski definition) is 2. The van der Waals surface area contributed by atoms with E-state index in [0.29, 0.717) is 6.04 Å². The molecule has 1 aliphatic heterocycles. The van der Waals surface area contributed by atoms with Crippen LogP contribution in [0.1, 0.15) is 46.0 Å². The van der Waals surface area contributed by atoms with E-state index in [2.05, 4.69) is 24.1 Å². The second-order valence-electron chi connectivity index (χ2n) is 5.99. The lowest BCUT2D eigenvalue weighted by Gasteiger charge is -2.34. The summed E-state index contributed by atoms with van der Waals surface area (Å²) in [6.45, 7) is 9.90. The van der Waals surface area contributed by atoms with E-state index in [9.17, 15) is 0 Å². The van der Waals surface area contributed by atoms with Gasteiger partial charge in [-0.25, -0.2) is 0 Å². The van der Waals surface area contributed by atoms with Gasteiger partial charge in [0.2, 0.25) is 0 Å². The van der Waals surface area contributed by atoms with Crippen LogP contribution < -0.4 is 5.32 Å². The Morgan fingerprint density at radius 2 is 1.94 bits per heavy atom. The molecule has 2 nitrogen and oxygen atoms in total. The Kier molecular flexibility index (Phi) is 4.66. The summed E-state index contributed by atoms with van der Waals surface area (Å²) >= 11 is 0. The maximum Gasteiger partial charge on any atom is 0.0166 e. The fourth-order valence-corrected chi connectivity index (χ4v) is 3.36. The lowest BCUT2D eigenvalue weighted by Crippen LogP contribution is -2.39. The van der Waals surface area contributed by atoms with Crippen molar-refractivity contribution in [2.75, 3.05) is 26.2 Å². The summed E-state index contributed by atoms with van der Waals surface area (Å²) in [7, 11) is 0. The molecule has 2 aliphatic rings. The normalized spacial score (nSPS) is 38.2. The first-order valence-corrected chi connectivity index (χ1v) is 7.21. The Bertz CT molecular complexity index is 205. The Balaban J connectivity index is 1.82. The highest BCUT2D eigenvalue weighted by atomic mass is 15.2. The van der Waals surface area contributed by atoms with Crippen molar-refractivity contribution in [2.24, 2.45) is 11.8 Å². The molecule has 0 aromatic heterocycles. The van der Waals surface area contributed by atoms with Gasteiger partial charge in [0.15, 0.2) is 0 Å². The zero-order valence-electron chi connectivity index (χ0n) is 11.0. The van der Waals surface area contributed by atoms with Gasteiger partial charge in [-0.3, -0.25) is 0 Å². The van der Waals surface area contributed by atoms with E-state index >= 15 is 0 Å². The van der Waals surface area contributed by atoms with Crippen molar-refractivity contribution in [1.29, 1.82) is 0 Å². The first kappa shape index (κ1) is 12.4. The van der Waals surface area contributed by atoms with Crippen LogP contribution in [0.3, 0.4) is 0 Å². The zero-order valence-corrected chi connectivity index (χ0v) is 11.0. The summed E-state index contributed by atoms with van der Waals surface area (Å²) in [5.41, 5.74) is 0. The second-order valence-corrected chi connectivity index (χ2v) is 5.99. The lowest BCUT2D eigenvalue weighted by atomic mass is 9.80. The molecular weight excluding hydrogens is 196 g/mol. The minimum absolute atomic E-state index is 0.682. The smallest absolute Gasteiger partial charge is 0.0166 e. The van der Waals surface area contributed by atoms with Crippen molar-refractivity contribution in [3.8, 4) is 0 Å². The van der Waals surface area contributed by atoms with Crippen LogP contribution in [0.4, 0.5) is 0 Å². The molecular formula is C14H28N2. The van der Waals surface area contributed by atoms with Gasteiger partial charge < -0.3 is 10.2 Å². The van der Waals surface area contributed by atoms with E-state index in [1.54, 1.807) is 0 Å². The van der Waals surface area contributed by atoms with Gasteiger partial charge >= 0.3 is 0 Å². The maximum atomic E-state index is 3.58.